The summed E-state index contributed by atoms with van der Waals surface area (Å²) in [5.41, 5.74) is 7.79. The molecule has 1 aromatic heterocycles. The summed E-state index contributed by atoms with van der Waals surface area (Å²) in [6.07, 6.45) is 0. The Morgan fingerprint density at radius 1 is 1.13 bits per heavy atom. The lowest BCUT2D eigenvalue weighted by Gasteiger charge is -2.21. The Morgan fingerprint density at radius 2 is 1.70 bits per heavy atom. The maximum atomic E-state index is 12.8. The van der Waals surface area contributed by atoms with Crippen LogP contribution in [0.2, 0.25) is 10.0 Å². The number of aryl methyl sites for hydroxylation is 1. The van der Waals surface area contributed by atoms with E-state index in [1.807, 2.05) is 13.8 Å². The maximum absolute atomic E-state index is 12.8. The average molecular weight is 353 g/mol. The number of carbonyl (C=O) groups excluding carboxylic acids is 1. The van der Waals surface area contributed by atoms with Crippen LogP contribution in [0.5, 0.6) is 0 Å². The van der Waals surface area contributed by atoms with Crippen molar-refractivity contribution in [1.82, 2.24) is 14.9 Å². The number of nitrogens with two attached hydrogens (primary N) is 1. The SMILES string of the molecule is CCN(CC)C(=O)c1c(C)nc(N)nc1-c1cc(Cl)cc(Cl)c1. The van der Waals surface area contributed by atoms with Crippen molar-refractivity contribution in [3.63, 3.8) is 0 Å². The Bertz CT molecular complexity index is 725. The first kappa shape index (κ1) is 17.5. The molecule has 0 saturated heterocycles. The summed E-state index contributed by atoms with van der Waals surface area (Å²) in [6, 6.07) is 5.03. The third-order valence-electron chi connectivity index (χ3n) is 3.51. The lowest BCUT2D eigenvalue weighted by atomic mass is 10.0. The summed E-state index contributed by atoms with van der Waals surface area (Å²) >= 11 is 12.1. The van der Waals surface area contributed by atoms with Crippen molar-refractivity contribution in [2.75, 3.05) is 18.8 Å². The number of nitrogens with zero attached hydrogens (tertiary/aromatic N) is 3. The average Bonchev–Trinajstić information content (AvgIpc) is 2.46. The third-order valence-corrected chi connectivity index (χ3v) is 3.94. The van der Waals surface area contributed by atoms with Crippen LogP contribution in [0.1, 0.15) is 29.9 Å². The fourth-order valence-corrected chi connectivity index (χ4v) is 2.94. The van der Waals surface area contributed by atoms with Crippen LogP contribution in [-0.4, -0.2) is 33.9 Å². The van der Waals surface area contributed by atoms with E-state index in [0.717, 1.165) is 0 Å². The Morgan fingerprint density at radius 3 is 2.22 bits per heavy atom. The van der Waals surface area contributed by atoms with Gasteiger partial charge in [-0.15, -0.1) is 0 Å². The van der Waals surface area contributed by atoms with Crippen LogP contribution in [0.3, 0.4) is 0 Å². The zero-order chi connectivity index (χ0) is 17.1. The first-order chi connectivity index (χ1) is 10.9. The van der Waals surface area contributed by atoms with Gasteiger partial charge in [0.1, 0.15) is 0 Å². The highest BCUT2D eigenvalue weighted by atomic mass is 35.5. The maximum Gasteiger partial charge on any atom is 0.257 e. The van der Waals surface area contributed by atoms with Crippen molar-refractivity contribution in [2.45, 2.75) is 20.8 Å². The number of hydrogen-bond acceptors (Lipinski definition) is 4. The van der Waals surface area contributed by atoms with Crippen molar-refractivity contribution >= 4 is 35.1 Å². The molecule has 1 amide bonds. The monoisotopic (exact) mass is 352 g/mol. The fraction of sp³-hybridized carbons (Fsp3) is 0.312. The predicted octanol–water partition coefficient (Wildman–Crippen LogP) is 3.82. The Labute approximate surface area is 145 Å². The molecule has 23 heavy (non-hydrogen) atoms. The summed E-state index contributed by atoms with van der Waals surface area (Å²) in [7, 11) is 0. The van der Waals surface area contributed by atoms with E-state index in [-0.39, 0.29) is 11.9 Å². The summed E-state index contributed by atoms with van der Waals surface area (Å²) in [5, 5.41) is 0.923. The molecule has 1 heterocycles. The van der Waals surface area contributed by atoms with Gasteiger partial charge in [-0.2, -0.15) is 0 Å². The van der Waals surface area contributed by atoms with Gasteiger partial charge in [-0.05, 0) is 39.0 Å². The number of halogens is 2. The highest BCUT2D eigenvalue weighted by Crippen LogP contribution is 2.30. The van der Waals surface area contributed by atoms with Crippen molar-refractivity contribution in [3.05, 3.63) is 39.5 Å². The van der Waals surface area contributed by atoms with Gasteiger partial charge >= 0.3 is 0 Å². The van der Waals surface area contributed by atoms with Crippen LogP contribution in [0.25, 0.3) is 11.3 Å². The van der Waals surface area contributed by atoms with Crippen molar-refractivity contribution in [1.29, 1.82) is 0 Å². The summed E-state index contributed by atoms with van der Waals surface area (Å²) in [5.74, 6) is -0.0386. The number of amides is 1. The van der Waals surface area contributed by atoms with Crippen molar-refractivity contribution in [2.24, 2.45) is 0 Å². The molecule has 0 atom stereocenters. The number of anilines is 1. The first-order valence-electron chi connectivity index (χ1n) is 7.27. The number of rotatable bonds is 4. The highest BCUT2D eigenvalue weighted by molar-refractivity contribution is 6.35. The molecule has 2 aromatic rings. The number of benzene rings is 1. The predicted molar refractivity (Wildman–Crippen MR) is 93.9 cm³/mol. The van der Waals surface area contributed by atoms with Gasteiger partial charge in [0.25, 0.3) is 5.91 Å². The van der Waals surface area contributed by atoms with E-state index in [1.165, 1.54) is 0 Å². The second kappa shape index (κ2) is 7.15. The van der Waals surface area contributed by atoms with Crippen molar-refractivity contribution in [3.8, 4) is 11.3 Å². The van der Waals surface area contributed by atoms with Crippen LogP contribution in [0, 0.1) is 6.92 Å². The van der Waals surface area contributed by atoms with E-state index in [9.17, 15) is 4.79 Å². The van der Waals surface area contributed by atoms with Gasteiger partial charge in [0.05, 0.1) is 17.0 Å². The number of carbonyl (C=O) groups is 1. The molecule has 7 heteroatoms. The molecule has 0 aliphatic rings. The molecular weight excluding hydrogens is 335 g/mol. The summed E-state index contributed by atoms with van der Waals surface area (Å²) in [6.45, 7) is 6.77. The van der Waals surface area contributed by atoms with Crippen LogP contribution in [-0.2, 0) is 0 Å². The van der Waals surface area contributed by atoms with E-state index in [1.54, 1.807) is 30.0 Å². The molecule has 0 unspecified atom stereocenters. The zero-order valence-corrected chi connectivity index (χ0v) is 14.7. The molecule has 0 fully saturated rings. The largest absolute Gasteiger partial charge is 0.368 e. The third kappa shape index (κ3) is 3.74. The molecule has 0 saturated carbocycles. The number of aromatic nitrogens is 2. The van der Waals surface area contributed by atoms with Gasteiger partial charge in [-0.3, -0.25) is 4.79 Å². The summed E-state index contributed by atoms with van der Waals surface area (Å²) in [4.78, 5) is 22.9. The van der Waals surface area contributed by atoms with E-state index in [4.69, 9.17) is 28.9 Å². The van der Waals surface area contributed by atoms with E-state index < -0.39 is 0 Å². The zero-order valence-electron chi connectivity index (χ0n) is 13.2. The molecule has 2 N–H and O–H groups in total. The first-order valence-corrected chi connectivity index (χ1v) is 8.02. The number of nitrogen functional groups attached to an aromatic ring is 1. The minimum absolute atomic E-state index is 0.102. The van der Waals surface area contributed by atoms with Gasteiger partial charge in [-0.1, -0.05) is 23.2 Å². The van der Waals surface area contributed by atoms with Gasteiger partial charge in [-0.25, -0.2) is 9.97 Å². The normalized spacial score (nSPS) is 10.7. The molecule has 0 aliphatic carbocycles. The fourth-order valence-electron chi connectivity index (χ4n) is 2.42. The minimum Gasteiger partial charge on any atom is -0.368 e. The van der Waals surface area contributed by atoms with Gasteiger partial charge in [0, 0.05) is 28.7 Å². The van der Waals surface area contributed by atoms with Gasteiger partial charge < -0.3 is 10.6 Å². The molecule has 2 rings (SSSR count). The minimum atomic E-state index is -0.140. The second-order valence-electron chi connectivity index (χ2n) is 5.03. The van der Waals surface area contributed by atoms with E-state index in [2.05, 4.69) is 9.97 Å². The lowest BCUT2D eigenvalue weighted by Crippen LogP contribution is -2.32. The molecule has 1 aromatic carbocycles. The molecular formula is C16H18Cl2N4O. The van der Waals surface area contributed by atoms with Gasteiger partial charge in [0.15, 0.2) is 0 Å². The Hall–Kier alpha value is -1.85. The number of hydrogen-bond donors (Lipinski definition) is 1. The van der Waals surface area contributed by atoms with E-state index >= 15 is 0 Å². The van der Waals surface area contributed by atoms with E-state index in [0.29, 0.717) is 45.6 Å². The van der Waals surface area contributed by atoms with Crippen LogP contribution in [0.4, 0.5) is 5.95 Å². The Kier molecular flexibility index (Phi) is 5.44. The second-order valence-corrected chi connectivity index (χ2v) is 5.90. The molecule has 0 aliphatic heterocycles. The quantitative estimate of drug-likeness (QED) is 0.907. The molecule has 0 bridgehead atoms. The van der Waals surface area contributed by atoms with Crippen molar-refractivity contribution < 1.29 is 4.79 Å². The topological polar surface area (TPSA) is 72.1 Å². The van der Waals surface area contributed by atoms with Crippen LogP contribution >= 0.6 is 23.2 Å². The lowest BCUT2D eigenvalue weighted by molar-refractivity contribution is 0.0772. The van der Waals surface area contributed by atoms with Crippen LogP contribution < -0.4 is 5.73 Å². The van der Waals surface area contributed by atoms with Gasteiger partial charge in [0.2, 0.25) is 5.95 Å². The van der Waals surface area contributed by atoms with Crippen LogP contribution in [0.15, 0.2) is 18.2 Å². The summed E-state index contributed by atoms with van der Waals surface area (Å²) < 4.78 is 0. The Balaban J connectivity index is 2.70. The molecule has 5 nitrogen and oxygen atoms in total. The standard InChI is InChI=1S/C16H18Cl2N4O/c1-4-22(5-2)15(23)13-9(3)20-16(19)21-14(13)10-6-11(17)8-12(18)7-10/h6-8H,4-5H2,1-3H3,(H2,19,20,21). The molecule has 0 spiro atoms. The molecule has 122 valence electrons. The molecule has 0 radical (unpaired) electrons. The highest BCUT2D eigenvalue weighted by Gasteiger charge is 2.23. The smallest absolute Gasteiger partial charge is 0.257 e.